The Labute approximate surface area is 188 Å². The van der Waals surface area contributed by atoms with Gasteiger partial charge in [-0.25, -0.2) is 4.98 Å². The molecule has 164 valence electrons. The minimum Gasteiger partial charge on any atom is -0.366 e. The van der Waals surface area contributed by atoms with E-state index in [1.807, 2.05) is 35.2 Å². The van der Waals surface area contributed by atoms with Gasteiger partial charge in [-0.2, -0.15) is 0 Å². The quantitative estimate of drug-likeness (QED) is 0.639. The van der Waals surface area contributed by atoms with E-state index < -0.39 is 5.91 Å². The van der Waals surface area contributed by atoms with Gasteiger partial charge in [0.15, 0.2) is 0 Å². The van der Waals surface area contributed by atoms with Crippen LogP contribution in [0.3, 0.4) is 0 Å². The van der Waals surface area contributed by atoms with Crippen molar-refractivity contribution in [3.63, 3.8) is 0 Å². The molecule has 6 heteroatoms. The Morgan fingerprint density at radius 3 is 2.44 bits per heavy atom. The molecule has 2 aromatic carbocycles. The van der Waals surface area contributed by atoms with Crippen molar-refractivity contribution >= 4 is 11.8 Å². The van der Waals surface area contributed by atoms with Gasteiger partial charge in [-0.1, -0.05) is 48.9 Å². The zero-order chi connectivity index (χ0) is 22.1. The Kier molecular flexibility index (Phi) is 5.52. The standard InChI is InChI=1S/C26H28N4O2/c27-24(31)19-12-10-18(11-13-19)17-30(21-14-15-21)26(32)23-22-9-5-2-6-16-29(22)25(28-23)20-7-3-1-4-8-20/h1,3-4,7-8,10-13,21H,2,5-6,9,14-17H2,(H2,27,31). The van der Waals surface area contributed by atoms with Crippen LogP contribution in [0.25, 0.3) is 11.4 Å². The van der Waals surface area contributed by atoms with Gasteiger partial charge in [0.05, 0.1) is 5.69 Å². The molecule has 0 atom stereocenters. The van der Waals surface area contributed by atoms with E-state index in [0.29, 0.717) is 17.8 Å². The Morgan fingerprint density at radius 1 is 1.00 bits per heavy atom. The van der Waals surface area contributed by atoms with Crippen LogP contribution in [0.5, 0.6) is 0 Å². The van der Waals surface area contributed by atoms with Crippen molar-refractivity contribution in [1.29, 1.82) is 0 Å². The van der Waals surface area contributed by atoms with Crippen LogP contribution in [-0.4, -0.2) is 32.3 Å². The summed E-state index contributed by atoms with van der Waals surface area (Å²) >= 11 is 0. The molecule has 0 bridgehead atoms. The minimum absolute atomic E-state index is 0.0132. The summed E-state index contributed by atoms with van der Waals surface area (Å²) in [5, 5.41) is 0. The number of imidazole rings is 1. The van der Waals surface area contributed by atoms with E-state index in [1.54, 1.807) is 12.1 Å². The molecule has 2 aliphatic rings. The fourth-order valence-corrected chi connectivity index (χ4v) is 4.56. The number of rotatable bonds is 6. The molecular weight excluding hydrogens is 400 g/mol. The molecule has 32 heavy (non-hydrogen) atoms. The summed E-state index contributed by atoms with van der Waals surface area (Å²) in [6.07, 6.45) is 6.28. The Morgan fingerprint density at radius 2 is 1.75 bits per heavy atom. The summed E-state index contributed by atoms with van der Waals surface area (Å²) in [6, 6.07) is 17.6. The molecule has 2 N–H and O–H groups in total. The smallest absolute Gasteiger partial charge is 0.274 e. The second-order valence-corrected chi connectivity index (χ2v) is 8.78. The molecule has 5 rings (SSSR count). The summed E-state index contributed by atoms with van der Waals surface area (Å²) in [4.78, 5) is 32.1. The van der Waals surface area contributed by atoms with Crippen molar-refractivity contribution in [3.05, 3.63) is 77.1 Å². The van der Waals surface area contributed by atoms with Gasteiger partial charge in [-0.3, -0.25) is 9.59 Å². The second-order valence-electron chi connectivity index (χ2n) is 8.78. The van der Waals surface area contributed by atoms with Gasteiger partial charge >= 0.3 is 0 Å². The number of carbonyl (C=O) groups excluding carboxylic acids is 2. The van der Waals surface area contributed by atoms with Gasteiger partial charge in [0.1, 0.15) is 11.5 Å². The maximum absolute atomic E-state index is 13.8. The lowest BCUT2D eigenvalue weighted by Gasteiger charge is -2.22. The highest BCUT2D eigenvalue weighted by Crippen LogP contribution is 2.33. The molecule has 0 spiro atoms. The molecule has 1 saturated carbocycles. The summed E-state index contributed by atoms with van der Waals surface area (Å²) in [5.41, 5.74) is 9.55. The fourth-order valence-electron chi connectivity index (χ4n) is 4.56. The number of nitrogens with two attached hydrogens (primary N) is 1. The molecule has 2 heterocycles. The van der Waals surface area contributed by atoms with Crippen LogP contribution < -0.4 is 5.73 Å². The topological polar surface area (TPSA) is 81.2 Å². The highest BCUT2D eigenvalue weighted by Gasteiger charge is 2.36. The van der Waals surface area contributed by atoms with Crippen LogP contribution in [0.2, 0.25) is 0 Å². The predicted molar refractivity (Wildman–Crippen MR) is 123 cm³/mol. The van der Waals surface area contributed by atoms with Crippen molar-refractivity contribution in [2.45, 2.75) is 57.7 Å². The normalized spacial score (nSPS) is 15.6. The molecule has 1 aliphatic carbocycles. The average molecular weight is 429 g/mol. The zero-order valence-corrected chi connectivity index (χ0v) is 18.2. The van der Waals surface area contributed by atoms with E-state index in [2.05, 4.69) is 16.7 Å². The van der Waals surface area contributed by atoms with E-state index in [4.69, 9.17) is 10.7 Å². The molecule has 2 amide bonds. The van der Waals surface area contributed by atoms with Gasteiger partial charge in [0.2, 0.25) is 5.91 Å². The predicted octanol–water partition coefficient (Wildman–Crippen LogP) is 4.18. The first-order valence-electron chi connectivity index (χ1n) is 11.5. The summed E-state index contributed by atoms with van der Waals surface area (Å²) in [6.45, 7) is 1.41. The number of benzene rings is 2. The van der Waals surface area contributed by atoms with Gasteiger partial charge in [0.25, 0.3) is 5.91 Å². The molecule has 6 nitrogen and oxygen atoms in total. The molecule has 1 fully saturated rings. The van der Waals surface area contributed by atoms with Crippen LogP contribution in [-0.2, 0) is 19.5 Å². The number of hydrogen-bond donors (Lipinski definition) is 1. The van der Waals surface area contributed by atoms with E-state index >= 15 is 0 Å². The Hall–Kier alpha value is -3.41. The van der Waals surface area contributed by atoms with Crippen LogP contribution in [0.4, 0.5) is 0 Å². The maximum Gasteiger partial charge on any atom is 0.274 e. The highest BCUT2D eigenvalue weighted by atomic mass is 16.2. The van der Waals surface area contributed by atoms with E-state index in [1.165, 1.54) is 6.42 Å². The number of carbonyl (C=O) groups is 2. The first kappa shape index (κ1) is 20.5. The average Bonchev–Trinajstić information content (AvgIpc) is 3.63. The maximum atomic E-state index is 13.8. The van der Waals surface area contributed by atoms with E-state index in [-0.39, 0.29) is 11.9 Å². The lowest BCUT2D eigenvalue weighted by atomic mass is 10.1. The van der Waals surface area contributed by atoms with Crippen molar-refractivity contribution in [2.75, 3.05) is 0 Å². The number of nitrogens with zero attached hydrogens (tertiary/aromatic N) is 3. The summed E-state index contributed by atoms with van der Waals surface area (Å²) in [5.74, 6) is 0.465. The first-order valence-corrected chi connectivity index (χ1v) is 11.5. The third kappa shape index (κ3) is 4.05. The van der Waals surface area contributed by atoms with Crippen LogP contribution >= 0.6 is 0 Å². The molecule has 3 aromatic rings. The van der Waals surface area contributed by atoms with E-state index in [0.717, 1.165) is 61.3 Å². The highest BCUT2D eigenvalue weighted by molar-refractivity contribution is 5.95. The van der Waals surface area contributed by atoms with Crippen molar-refractivity contribution in [2.24, 2.45) is 5.73 Å². The fraction of sp³-hybridized carbons (Fsp3) is 0.346. The van der Waals surface area contributed by atoms with Gasteiger partial charge < -0.3 is 15.2 Å². The molecule has 1 aliphatic heterocycles. The third-order valence-corrected chi connectivity index (χ3v) is 6.44. The van der Waals surface area contributed by atoms with Crippen molar-refractivity contribution in [1.82, 2.24) is 14.5 Å². The monoisotopic (exact) mass is 428 g/mol. The first-order chi connectivity index (χ1) is 15.6. The largest absolute Gasteiger partial charge is 0.366 e. The SMILES string of the molecule is NC(=O)c1ccc(CN(C(=O)c2nc(-c3ccccc3)n3c2CCCCC3)C2CC2)cc1. The third-order valence-electron chi connectivity index (χ3n) is 6.44. The molecule has 0 unspecified atom stereocenters. The Bertz CT molecular complexity index is 1130. The van der Waals surface area contributed by atoms with Gasteiger partial charge in [-0.15, -0.1) is 0 Å². The van der Waals surface area contributed by atoms with Gasteiger partial charge in [-0.05, 0) is 49.8 Å². The summed E-state index contributed by atoms with van der Waals surface area (Å²) in [7, 11) is 0. The minimum atomic E-state index is -0.444. The zero-order valence-electron chi connectivity index (χ0n) is 18.2. The lowest BCUT2D eigenvalue weighted by molar-refractivity contribution is 0.0722. The second kappa shape index (κ2) is 8.61. The molecule has 0 radical (unpaired) electrons. The van der Waals surface area contributed by atoms with Crippen molar-refractivity contribution in [3.8, 4) is 11.4 Å². The molecular formula is C26H28N4O2. The number of aromatic nitrogens is 2. The number of hydrogen-bond acceptors (Lipinski definition) is 3. The molecule has 0 saturated heterocycles. The summed E-state index contributed by atoms with van der Waals surface area (Å²) < 4.78 is 2.27. The van der Waals surface area contributed by atoms with Crippen LogP contribution in [0.15, 0.2) is 54.6 Å². The number of fused-ring (bicyclic) bond motifs is 1. The number of primary amides is 1. The lowest BCUT2D eigenvalue weighted by Crippen LogP contribution is -2.33. The Balaban J connectivity index is 1.49. The molecule has 1 aromatic heterocycles. The van der Waals surface area contributed by atoms with E-state index in [9.17, 15) is 9.59 Å². The van der Waals surface area contributed by atoms with Crippen LogP contribution in [0.1, 0.15) is 64.2 Å². The van der Waals surface area contributed by atoms with Crippen molar-refractivity contribution < 1.29 is 9.59 Å². The van der Waals surface area contributed by atoms with Gasteiger partial charge in [0, 0.05) is 30.3 Å². The van der Waals surface area contributed by atoms with Crippen LogP contribution in [0, 0.1) is 0 Å². The number of amides is 2.